The van der Waals surface area contributed by atoms with E-state index in [1.807, 2.05) is 25.1 Å². The van der Waals surface area contributed by atoms with Gasteiger partial charge in [0.1, 0.15) is 5.75 Å². The minimum atomic E-state index is -0.556. The number of phenols is 1. The van der Waals surface area contributed by atoms with Gasteiger partial charge in [0, 0.05) is 29.9 Å². The van der Waals surface area contributed by atoms with Crippen LogP contribution >= 0.6 is 27.2 Å². The average Bonchev–Trinajstić information content (AvgIpc) is 2.53. The molecule has 1 atom stereocenters. The predicted molar refractivity (Wildman–Crippen MR) is 102 cm³/mol. The molecule has 0 heterocycles. The van der Waals surface area contributed by atoms with Crippen LogP contribution in [0.1, 0.15) is 18.1 Å². The maximum atomic E-state index is 10.2. The molecular formula is C17H22Cl2NOPTi. The molecular weight excluding hydrogens is 384 g/mol. The molecule has 2 nitrogen and oxygen atoms in total. The Morgan fingerprint density at radius 1 is 1.09 bits per heavy atom. The molecule has 2 rings (SSSR count). The van der Waals surface area contributed by atoms with E-state index in [-0.39, 0.29) is 0 Å². The zero-order chi connectivity index (χ0) is 17.4. The van der Waals surface area contributed by atoms with Gasteiger partial charge in [-0.25, -0.2) is 0 Å². The van der Waals surface area contributed by atoms with Crippen molar-refractivity contribution in [2.75, 3.05) is 18.5 Å². The summed E-state index contributed by atoms with van der Waals surface area (Å²) in [6.45, 7) is 7.21. The van der Waals surface area contributed by atoms with E-state index in [2.05, 4.69) is 44.0 Å². The minimum absolute atomic E-state index is 0.430. The number of phenolic OH excluding ortho intramolecular Hbond substituents is 1. The number of nitrogens with zero attached hydrogens (tertiary/aromatic N) is 1. The fourth-order valence-corrected chi connectivity index (χ4v) is 3.65. The van der Waals surface area contributed by atoms with Crippen LogP contribution in [-0.4, -0.2) is 18.7 Å². The molecule has 0 radical (unpaired) electrons. The SMILES string of the molecule is CCN(C)c1cccc(C)c1Pc1cccc(C)c1O.[Cl][Ti][Cl]. The first-order valence-electron chi connectivity index (χ1n) is 7.28. The van der Waals surface area contributed by atoms with Gasteiger partial charge in [0.2, 0.25) is 0 Å². The fraction of sp³-hybridized carbons (Fsp3) is 0.294. The number of anilines is 1. The summed E-state index contributed by atoms with van der Waals surface area (Å²) >= 11 is -0.556. The van der Waals surface area contributed by atoms with Crippen LogP contribution < -0.4 is 15.5 Å². The van der Waals surface area contributed by atoms with Crippen molar-refractivity contribution in [3.63, 3.8) is 0 Å². The molecule has 2 aromatic rings. The summed E-state index contributed by atoms with van der Waals surface area (Å²) in [5, 5.41) is 12.6. The summed E-state index contributed by atoms with van der Waals surface area (Å²) in [6.07, 6.45) is 0. The Kier molecular flexibility index (Phi) is 9.58. The van der Waals surface area contributed by atoms with E-state index in [1.54, 1.807) is 0 Å². The van der Waals surface area contributed by atoms with E-state index in [4.69, 9.17) is 18.6 Å². The normalized spacial score (nSPS) is 10.3. The van der Waals surface area contributed by atoms with Crippen molar-refractivity contribution < 1.29 is 22.1 Å². The first-order chi connectivity index (χ1) is 11.0. The standard InChI is InChI=1S/C17H22NOP.2ClH.Ti/c1-5-18(4)14-10-6-9-13(3)17(14)20-15-11-7-8-12(2)16(15)19;;;/h6-11,19-20H,5H2,1-4H3;2*1H;/q;;;+2/p-2. The van der Waals surface area contributed by atoms with Crippen molar-refractivity contribution in [1.29, 1.82) is 0 Å². The second-order valence-electron chi connectivity index (χ2n) is 5.15. The van der Waals surface area contributed by atoms with Crippen molar-refractivity contribution in [1.82, 2.24) is 0 Å². The number of hydrogen-bond donors (Lipinski definition) is 1. The monoisotopic (exact) mass is 405 g/mol. The molecule has 0 saturated carbocycles. The molecule has 6 heteroatoms. The van der Waals surface area contributed by atoms with Crippen LogP contribution in [0.4, 0.5) is 5.69 Å². The van der Waals surface area contributed by atoms with Gasteiger partial charge in [-0.05, 0) is 38.0 Å². The molecule has 124 valence electrons. The van der Waals surface area contributed by atoms with Crippen molar-refractivity contribution in [2.45, 2.75) is 20.8 Å². The maximum absolute atomic E-state index is 10.2. The topological polar surface area (TPSA) is 23.5 Å². The van der Waals surface area contributed by atoms with Gasteiger partial charge in [0.25, 0.3) is 0 Å². The predicted octanol–water partition coefficient (Wildman–Crippen LogP) is 4.47. The Bertz CT molecular complexity index is 640. The third kappa shape index (κ3) is 5.96. The summed E-state index contributed by atoms with van der Waals surface area (Å²) in [5.41, 5.74) is 3.47. The number of rotatable bonds is 4. The Hall–Kier alpha value is -0.236. The Morgan fingerprint density at radius 3 is 2.26 bits per heavy atom. The molecule has 23 heavy (non-hydrogen) atoms. The Labute approximate surface area is 157 Å². The molecule has 0 amide bonds. The van der Waals surface area contributed by atoms with E-state index in [0.29, 0.717) is 14.3 Å². The Morgan fingerprint density at radius 2 is 1.65 bits per heavy atom. The van der Waals surface area contributed by atoms with E-state index in [0.717, 1.165) is 17.4 Å². The molecule has 2 aromatic carbocycles. The molecule has 0 aromatic heterocycles. The molecule has 0 bridgehead atoms. The van der Waals surface area contributed by atoms with Crippen LogP contribution in [0.25, 0.3) is 0 Å². The summed E-state index contributed by atoms with van der Waals surface area (Å²) in [6, 6.07) is 12.4. The molecule has 0 aliphatic rings. The van der Waals surface area contributed by atoms with Gasteiger partial charge < -0.3 is 10.0 Å². The third-order valence-electron chi connectivity index (χ3n) is 3.63. The Balaban J connectivity index is 0.000000816. The molecule has 0 fully saturated rings. The molecule has 0 aliphatic carbocycles. The van der Waals surface area contributed by atoms with Crippen LogP contribution in [-0.2, 0) is 17.0 Å². The van der Waals surface area contributed by atoms with E-state index in [9.17, 15) is 5.11 Å². The quantitative estimate of drug-likeness (QED) is 0.599. The van der Waals surface area contributed by atoms with Gasteiger partial charge in [-0.2, -0.15) is 0 Å². The average molecular weight is 406 g/mol. The van der Waals surface area contributed by atoms with Gasteiger partial charge >= 0.3 is 35.6 Å². The van der Waals surface area contributed by atoms with Crippen molar-refractivity contribution in [3.8, 4) is 5.75 Å². The van der Waals surface area contributed by atoms with Gasteiger partial charge in [0.05, 0.1) is 0 Å². The molecule has 1 N–H and O–H groups in total. The van der Waals surface area contributed by atoms with Crippen molar-refractivity contribution in [2.24, 2.45) is 0 Å². The third-order valence-corrected chi connectivity index (χ3v) is 5.21. The van der Waals surface area contributed by atoms with Crippen LogP contribution in [0.5, 0.6) is 5.75 Å². The van der Waals surface area contributed by atoms with Crippen LogP contribution in [0.2, 0.25) is 0 Å². The fourth-order valence-electron chi connectivity index (χ4n) is 2.20. The van der Waals surface area contributed by atoms with Crippen molar-refractivity contribution in [3.05, 3.63) is 47.5 Å². The second kappa shape index (κ2) is 10.6. The summed E-state index contributed by atoms with van der Waals surface area (Å²) in [4.78, 5) is 2.25. The van der Waals surface area contributed by atoms with Gasteiger partial charge in [0.15, 0.2) is 0 Å². The van der Waals surface area contributed by atoms with Gasteiger partial charge in [-0.3, -0.25) is 0 Å². The van der Waals surface area contributed by atoms with Gasteiger partial charge in [-0.1, -0.05) is 38.9 Å². The molecule has 0 aliphatic heterocycles. The first kappa shape index (κ1) is 20.8. The number of hydrogen-bond acceptors (Lipinski definition) is 2. The van der Waals surface area contributed by atoms with Crippen LogP contribution in [0.15, 0.2) is 36.4 Å². The van der Waals surface area contributed by atoms with Crippen LogP contribution in [0.3, 0.4) is 0 Å². The molecule has 0 saturated heterocycles. The second-order valence-corrected chi connectivity index (χ2v) is 9.02. The summed E-state index contributed by atoms with van der Waals surface area (Å²) in [5.74, 6) is 0.430. The van der Waals surface area contributed by atoms with E-state index in [1.165, 1.54) is 16.6 Å². The number of benzene rings is 2. The number of aryl methyl sites for hydroxylation is 2. The first-order valence-corrected chi connectivity index (χ1v) is 12.6. The van der Waals surface area contributed by atoms with E-state index < -0.39 is 17.0 Å². The molecule has 0 spiro atoms. The number of halogens is 2. The molecule has 1 unspecified atom stereocenters. The summed E-state index contributed by atoms with van der Waals surface area (Å²) < 4.78 is 0. The van der Waals surface area contributed by atoms with Crippen molar-refractivity contribution >= 4 is 43.5 Å². The van der Waals surface area contributed by atoms with E-state index >= 15 is 0 Å². The van der Waals surface area contributed by atoms with Gasteiger partial charge in [-0.15, -0.1) is 0 Å². The zero-order valence-electron chi connectivity index (χ0n) is 13.8. The zero-order valence-corrected chi connectivity index (χ0v) is 17.9. The number of para-hydroxylation sites is 1. The summed E-state index contributed by atoms with van der Waals surface area (Å²) in [7, 11) is 12.4. The number of aromatic hydroxyl groups is 1. The van der Waals surface area contributed by atoms with Crippen LogP contribution in [0, 0.1) is 13.8 Å².